The van der Waals surface area contributed by atoms with Gasteiger partial charge in [0.25, 0.3) is 0 Å². The first-order valence-electron chi connectivity index (χ1n) is 10.8. The molecule has 166 valence electrons. The lowest BCUT2D eigenvalue weighted by atomic mass is 9.85. The number of rotatable bonds is 8. The lowest BCUT2D eigenvalue weighted by molar-refractivity contribution is 0.472. The molecule has 4 rings (SSSR count). The van der Waals surface area contributed by atoms with E-state index in [1.807, 2.05) is 41.0 Å². The normalized spacial score (nSPS) is 12.8. The zero-order valence-corrected chi connectivity index (χ0v) is 18.1. The van der Waals surface area contributed by atoms with Crippen LogP contribution in [0.25, 0.3) is 0 Å². The van der Waals surface area contributed by atoms with Gasteiger partial charge >= 0.3 is 0 Å². The third kappa shape index (κ3) is 5.28. The molecule has 3 N–H and O–H groups in total. The highest BCUT2D eigenvalue weighted by Crippen LogP contribution is 2.33. The number of benzene rings is 3. The molecule has 0 spiro atoms. The van der Waals surface area contributed by atoms with Crippen molar-refractivity contribution in [3.63, 3.8) is 0 Å². The molecule has 0 aliphatic heterocycles. The van der Waals surface area contributed by atoms with Crippen LogP contribution in [0.2, 0.25) is 0 Å². The topological polar surface area (TPSA) is 87.9 Å². The summed E-state index contributed by atoms with van der Waals surface area (Å²) in [6.07, 6.45) is 5.00. The van der Waals surface area contributed by atoms with Crippen molar-refractivity contribution < 1.29 is 9.50 Å². The van der Waals surface area contributed by atoms with E-state index >= 15 is 0 Å². The van der Waals surface area contributed by atoms with Crippen molar-refractivity contribution in [3.8, 4) is 11.8 Å². The van der Waals surface area contributed by atoms with E-state index in [9.17, 15) is 9.50 Å². The van der Waals surface area contributed by atoms with Crippen molar-refractivity contribution in [1.29, 1.82) is 5.26 Å². The smallest absolute Gasteiger partial charge is 0.141 e. The van der Waals surface area contributed by atoms with Gasteiger partial charge in [0.05, 0.1) is 23.6 Å². The molecule has 2 unspecified atom stereocenters. The van der Waals surface area contributed by atoms with Crippen molar-refractivity contribution in [2.75, 3.05) is 0 Å². The number of aromatic hydroxyl groups is 1. The maximum Gasteiger partial charge on any atom is 0.141 e. The first-order chi connectivity index (χ1) is 16.0. The predicted octanol–water partition coefficient (Wildman–Crippen LogP) is 5.06. The van der Waals surface area contributed by atoms with E-state index in [1.165, 1.54) is 12.1 Å². The van der Waals surface area contributed by atoms with E-state index in [0.717, 1.165) is 35.2 Å². The number of nitriles is 1. The van der Waals surface area contributed by atoms with Crippen LogP contribution >= 0.6 is 0 Å². The van der Waals surface area contributed by atoms with E-state index in [4.69, 9.17) is 11.0 Å². The third-order valence-electron chi connectivity index (χ3n) is 5.91. The number of nitrogens with two attached hydrogens (primary N) is 1. The molecule has 5 nitrogen and oxygen atoms in total. The second kappa shape index (κ2) is 10.1. The lowest BCUT2D eigenvalue weighted by Gasteiger charge is -2.26. The van der Waals surface area contributed by atoms with Gasteiger partial charge in [0, 0.05) is 18.7 Å². The van der Waals surface area contributed by atoms with Crippen LogP contribution in [0.1, 0.15) is 46.3 Å². The molecule has 1 heterocycles. The van der Waals surface area contributed by atoms with E-state index < -0.39 is 5.82 Å². The molecule has 0 saturated heterocycles. The Morgan fingerprint density at radius 3 is 2.58 bits per heavy atom. The summed E-state index contributed by atoms with van der Waals surface area (Å²) in [6, 6.07) is 23.5. The van der Waals surface area contributed by atoms with Crippen LogP contribution in [-0.4, -0.2) is 14.7 Å². The number of imidazole rings is 1. The fourth-order valence-corrected chi connectivity index (χ4v) is 4.18. The van der Waals surface area contributed by atoms with Crippen molar-refractivity contribution in [2.45, 2.75) is 31.3 Å². The Hall–Kier alpha value is -3.95. The molecule has 0 amide bonds. The molecule has 0 radical (unpaired) electrons. The molecule has 0 saturated carbocycles. The highest BCUT2D eigenvalue weighted by Gasteiger charge is 2.24. The first-order valence-corrected chi connectivity index (χ1v) is 10.8. The fourth-order valence-electron chi connectivity index (χ4n) is 4.18. The van der Waals surface area contributed by atoms with Gasteiger partial charge < -0.3 is 15.4 Å². The summed E-state index contributed by atoms with van der Waals surface area (Å²) in [7, 11) is 0. The van der Waals surface area contributed by atoms with Gasteiger partial charge in [-0.05, 0) is 53.8 Å². The highest BCUT2D eigenvalue weighted by atomic mass is 19.1. The van der Waals surface area contributed by atoms with E-state index in [2.05, 4.69) is 17.1 Å². The zero-order valence-electron chi connectivity index (χ0n) is 18.1. The summed E-state index contributed by atoms with van der Waals surface area (Å²) in [4.78, 5) is 4.31. The predicted molar refractivity (Wildman–Crippen MR) is 125 cm³/mol. The summed E-state index contributed by atoms with van der Waals surface area (Å²) in [5.41, 5.74) is 10.6. The molecule has 0 bridgehead atoms. The van der Waals surface area contributed by atoms with Crippen LogP contribution in [0.15, 0.2) is 85.3 Å². The van der Waals surface area contributed by atoms with Crippen LogP contribution in [0, 0.1) is 17.1 Å². The van der Waals surface area contributed by atoms with Crippen molar-refractivity contribution in [3.05, 3.63) is 119 Å². The average Bonchev–Trinajstić information content (AvgIpc) is 3.28. The van der Waals surface area contributed by atoms with Crippen molar-refractivity contribution in [2.24, 2.45) is 5.73 Å². The van der Waals surface area contributed by atoms with Gasteiger partial charge in [-0.15, -0.1) is 0 Å². The molecule has 0 aliphatic carbocycles. The number of hydrogen-bond acceptors (Lipinski definition) is 4. The Labute approximate surface area is 192 Å². The van der Waals surface area contributed by atoms with Gasteiger partial charge in [-0.25, -0.2) is 9.37 Å². The molecule has 3 aromatic carbocycles. The van der Waals surface area contributed by atoms with Crippen LogP contribution in [-0.2, 0) is 13.0 Å². The molecule has 0 fully saturated rings. The Morgan fingerprint density at radius 1 is 1.03 bits per heavy atom. The monoisotopic (exact) mass is 440 g/mol. The molecule has 6 heteroatoms. The minimum Gasteiger partial charge on any atom is -0.508 e. The number of nitrogens with zero attached hydrogens (tertiary/aromatic N) is 3. The maximum absolute atomic E-state index is 14.1. The number of hydrogen-bond donors (Lipinski definition) is 2. The molecule has 2 atom stereocenters. The number of aromatic nitrogens is 2. The standard InChI is InChI=1S/C27H25FN4O/c28-25-14-20(9-11-22(25)15-29)17-32-18-31-16-26(32)27(30)24(21-6-2-1-3-7-21)12-10-19-5-4-8-23(33)13-19/h1-9,11,13-14,16,18,24,27,33H,10,12,17,30H2. The van der Waals surface area contributed by atoms with Crippen LogP contribution in [0.4, 0.5) is 4.39 Å². The van der Waals surface area contributed by atoms with Gasteiger partial charge in [-0.1, -0.05) is 48.5 Å². The summed E-state index contributed by atoms with van der Waals surface area (Å²) in [5.74, 6) is -0.267. The highest BCUT2D eigenvalue weighted by molar-refractivity contribution is 5.34. The molecule has 1 aromatic heterocycles. The Bertz CT molecular complexity index is 1260. The SMILES string of the molecule is N#Cc1ccc(Cn2cncc2C(N)C(CCc2cccc(O)c2)c2ccccc2)cc1F. The summed E-state index contributed by atoms with van der Waals surface area (Å²) >= 11 is 0. The average molecular weight is 441 g/mol. The van der Waals surface area contributed by atoms with E-state index in [1.54, 1.807) is 30.7 Å². The number of halogens is 1. The lowest BCUT2D eigenvalue weighted by Crippen LogP contribution is -2.23. The summed E-state index contributed by atoms with van der Waals surface area (Å²) < 4.78 is 16.0. The fraction of sp³-hybridized carbons (Fsp3) is 0.185. The van der Waals surface area contributed by atoms with Crippen LogP contribution in [0.5, 0.6) is 5.75 Å². The zero-order chi connectivity index (χ0) is 23.2. The Balaban J connectivity index is 1.59. The minimum atomic E-state index is -0.533. The Kier molecular flexibility index (Phi) is 6.82. The molecule has 0 aliphatic rings. The van der Waals surface area contributed by atoms with E-state index in [-0.39, 0.29) is 23.3 Å². The second-order valence-corrected chi connectivity index (χ2v) is 8.12. The van der Waals surface area contributed by atoms with Crippen molar-refractivity contribution in [1.82, 2.24) is 9.55 Å². The second-order valence-electron chi connectivity index (χ2n) is 8.12. The van der Waals surface area contributed by atoms with Gasteiger partial charge in [-0.2, -0.15) is 5.26 Å². The van der Waals surface area contributed by atoms with E-state index in [0.29, 0.717) is 6.54 Å². The van der Waals surface area contributed by atoms with Gasteiger partial charge in [-0.3, -0.25) is 0 Å². The van der Waals surface area contributed by atoms with Gasteiger partial charge in [0.15, 0.2) is 0 Å². The number of phenols is 1. The quantitative estimate of drug-likeness (QED) is 0.401. The maximum atomic E-state index is 14.1. The van der Waals surface area contributed by atoms with Gasteiger partial charge in [0.2, 0.25) is 0 Å². The largest absolute Gasteiger partial charge is 0.508 e. The number of aryl methyl sites for hydroxylation is 1. The minimum absolute atomic E-state index is 0.0155. The number of phenolic OH excluding ortho intramolecular Hbond substituents is 1. The van der Waals surface area contributed by atoms with Crippen LogP contribution in [0.3, 0.4) is 0 Å². The summed E-state index contributed by atoms with van der Waals surface area (Å²) in [6.45, 7) is 0.403. The molecule has 33 heavy (non-hydrogen) atoms. The molecular formula is C27H25FN4O. The first kappa shape index (κ1) is 22.3. The molecular weight excluding hydrogens is 415 g/mol. The third-order valence-corrected chi connectivity index (χ3v) is 5.91. The van der Waals surface area contributed by atoms with Crippen molar-refractivity contribution >= 4 is 0 Å². The van der Waals surface area contributed by atoms with Gasteiger partial charge in [0.1, 0.15) is 17.6 Å². The summed E-state index contributed by atoms with van der Waals surface area (Å²) in [5, 5.41) is 18.8. The molecule has 4 aromatic rings. The van der Waals surface area contributed by atoms with Crippen LogP contribution < -0.4 is 5.73 Å². The Morgan fingerprint density at radius 2 is 1.85 bits per heavy atom.